The first kappa shape index (κ1) is 11.9. The second-order valence-electron chi connectivity index (χ2n) is 3.75. The molecule has 0 aliphatic carbocycles. The summed E-state index contributed by atoms with van der Waals surface area (Å²) < 4.78 is 5.19. The highest BCUT2D eigenvalue weighted by Crippen LogP contribution is 2.13. The number of nitriles is 1. The molecule has 1 amide bonds. The Bertz CT molecular complexity index is 453. The van der Waals surface area contributed by atoms with E-state index in [9.17, 15) is 4.79 Å². The van der Waals surface area contributed by atoms with Crippen molar-refractivity contribution < 1.29 is 9.53 Å². The summed E-state index contributed by atoms with van der Waals surface area (Å²) in [6, 6.07) is 8.73. The van der Waals surface area contributed by atoms with Gasteiger partial charge < -0.3 is 9.64 Å². The van der Waals surface area contributed by atoms with E-state index < -0.39 is 6.10 Å². The van der Waals surface area contributed by atoms with E-state index in [4.69, 9.17) is 21.6 Å². The Hall–Kier alpha value is -1.57. The molecule has 0 N–H and O–H groups in total. The summed E-state index contributed by atoms with van der Waals surface area (Å²) in [6.07, 6.45) is -0.528. The SMILES string of the molecule is N#CC1CN(C(=O)c2ccc(Cl)cc2)CCO1. The summed E-state index contributed by atoms with van der Waals surface area (Å²) in [5.41, 5.74) is 0.577. The van der Waals surface area contributed by atoms with Gasteiger partial charge in [-0.15, -0.1) is 0 Å². The minimum Gasteiger partial charge on any atom is -0.360 e. The maximum atomic E-state index is 12.1. The lowest BCUT2D eigenvalue weighted by Crippen LogP contribution is -2.45. The Kier molecular flexibility index (Phi) is 3.62. The van der Waals surface area contributed by atoms with Crippen LogP contribution in [-0.4, -0.2) is 36.6 Å². The van der Waals surface area contributed by atoms with Crippen LogP contribution in [0.2, 0.25) is 5.02 Å². The van der Waals surface area contributed by atoms with E-state index in [-0.39, 0.29) is 5.91 Å². The van der Waals surface area contributed by atoms with E-state index in [1.165, 1.54) is 0 Å². The first-order chi connectivity index (χ1) is 8.20. The van der Waals surface area contributed by atoms with Crippen LogP contribution in [0.4, 0.5) is 0 Å². The number of amides is 1. The minimum absolute atomic E-state index is 0.0924. The van der Waals surface area contributed by atoms with Gasteiger partial charge in [-0.1, -0.05) is 11.6 Å². The number of hydrogen-bond acceptors (Lipinski definition) is 3. The van der Waals surface area contributed by atoms with Crippen molar-refractivity contribution in [3.05, 3.63) is 34.9 Å². The molecule has 0 spiro atoms. The average Bonchev–Trinajstić information content (AvgIpc) is 2.39. The fourth-order valence-electron chi connectivity index (χ4n) is 1.69. The lowest BCUT2D eigenvalue weighted by Gasteiger charge is -2.29. The van der Waals surface area contributed by atoms with Crippen molar-refractivity contribution in [3.8, 4) is 6.07 Å². The Morgan fingerprint density at radius 3 is 2.82 bits per heavy atom. The van der Waals surface area contributed by atoms with Gasteiger partial charge in [-0.3, -0.25) is 4.79 Å². The van der Waals surface area contributed by atoms with Crippen molar-refractivity contribution in [3.63, 3.8) is 0 Å². The molecule has 1 heterocycles. The predicted molar refractivity (Wildman–Crippen MR) is 62.7 cm³/mol. The van der Waals surface area contributed by atoms with E-state index >= 15 is 0 Å². The van der Waals surface area contributed by atoms with Crippen molar-refractivity contribution >= 4 is 17.5 Å². The van der Waals surface area contributed by atoms with Gasteiger partial charge in [0.15, 0.2) is 6.10 Å². The molecule has 0 bridgehead atoms. The van der Waals surface area contributed by atoms with Crippen LogP contribution in [0.3, 0.4) is 0 Å². The highest BCUT2D eigenvalue weighted by Gasteiger charge is 2.24. The van der Waals surface area contributed by atoms with E-state index in [2.05, 4.69) is 0 Å². The molecule has 5 heteroatoms. The predicted octanol–water partition coefficient (Wildman–Crippen LogP) is 1.70. The maximum Gasteiger partial charge on any atom is 0.254 e. The van der Waals surface area contributed by atoms with Crippen molar-refractivity contribution in [1.82, 2.24) is 4.90 Å². The van der Waals surface area contributed by atoms with Crippen LogP contribution in [0.25, 0.3) is 0 Å². The lowest BCUT2D eigenvalue weighted by atomic mass is 10.2. The quantitative estimate of drug-likeness (QED) is 0.762. The molecule has 88 valence electrons. The number of carbonyl (C=O) groups excluding carboxylic acids is 1. The van der Waals surface area contributed by atoms with Gasteiger partial charge in [0.2, 0.25) is 0 Å². The van der Waals surface area contributed by atoms with Gasteiger partial charge in [-0.25, -0.2) is 0 Å². The molecule has 2 rings (SSSR count). The second kappa shape index (κ2) is 5.17. The largest absolute Gasteiger partial charge is 0.360 e. The molecule has 4 nitrogen and oxygen atoms in total. The van der Waals surface area contributed by atoms with Gasteiger partial charge in [-0.2, -0.15) is 5.26 Å². The van der Waals surface area contributed by atoms with Gasteiger partial charge in [-0.05, 0) is 24.3 Å². The van der Waals surface area contributed by atoms with E-state index in [0.717, 1.165) is 0 Å². The monoisotopic (exact) mass is 250 g/mol. The molecule has 1 aliphatic heterocycles. The topological polar surface area (TPSA) is 53.3 Å². The molecule has 1 fully saturated rings. The summed E-state index contributed by atoms with van der Waals surface area (Å²) in [5, 5.41) is 9.36. The number of nitrogens with zero attached hydrogens (tertiary/aromatic N) is 2. The summed E-state index contributed by atoms with van der Waals surface area (Å²) >= 11 is 5.76. The zero-order chi connectivity index (χ0) is 12.3. The zero-order valence-electron chi connectivity index (χ0n) is 9.10. The number of rotatable bonds is 1. The van der Waals surface area contributed by atoms with Gasteiger partial charge in [0, 0.05) is 17.1 Å². The average molecular weight is 251 g/mol. The van der Waals surface area contributed by atoms with Gasteiger partial charge in [0.25, 0.3) is 5.91 Å². The zero-order valence-corrected chi connectivity index (χ0v) is 9.85. The summed E-state index contributed by atoms with van der Waals surface area (Å²) in [6.45, 7) is 1.23. The molecule has 1 aromatic carbocycles. The molecule has 0 saturated carbocycles. The van der Waals surface area contributed by atoms with E-state index in [0.29, 0.717) is 30.3 Å². The van der Waals surface area contributed by atoms with Crippen molar-refractivity contribution in [2.45, 2.75) is 6.10 Å². The molecular formula is C12H11ClN2O2. The van der Waals surface area contributed by atoms with Gasteiger partial charge in [0.1, 0.15) is 0 Å². The summed E-state index contributed by atoms with van der Waals surface area (Å²) in [4.78, 5) is 13.7. The highest BCUT2D eigenvalue weighted by molar-refractivity contribution is 6.30. The lowest BCUT2D eigenvalue weighted by molar-refractivity contribution is 0.00347. The minimum atomic E-state index is -0.528. The van der Waals surface area contributed by atoms with Gasteiger partial charge in [0.05, 0.1) is 19.2 Å². The van der Waals surface area contributed by atoms with Crippen LogP contribution < -0.4 is 0 Å². The smallest absolute Gasteiger partial charge is 0.254 e. The van der Waals surface area contributed by atoms with Crippen molar-refractivity contribution in [2.75, 3.05) is 19.7 Å². The number of halogens is 1. The van der Waals surface area contributed by atoms with Crippen LogP contribution in [0.1, 0.15) is 10.4 Å². The number of benzene rings is 1. The molecule has 1 aromatic rings. The Labute approximate surface area is 104 Å². The second-order valence-corrected chi connectivity index (χ2v) is 4.18. The van der Waals surface area contributed by atoms with Crippen molar-refractivity contribution in [1.29, 1.82) is 5.26 Å². The number of hydrogen-bond donors (Lipinski definition) is 0. The number of ether oxygens (including phenoxy) is 1. The fraction of sp³-hybridized carbons (Fsp3) is 0.333. The molecular weight excluding hydrogens is 240 g/mol. The molecule has 1 unspecified atom stereocenters. The molecule has 17 heavy (non-hydrogen) atoms. The van der Waals surface area contributed by atoms with E-state index in [1.807, 2.05) is 6.07 Å². The standard InChI is InChI=1S/C12H11ClN2O2/c13-10-3-1-9(2-4-10)12(16)15-5-6-17-11(7-14)8-15/h1-4,11H,5-6,8H2. The van der Waals surface area contributed by atoms with Crippen LogP contribution in [0.15, 0.2) is 24.3 Å². The Morgan fingerprint density at radius 1 is 1.47 bits per heavy atom. The number of morpholine rings is 1. The first-order valence-corrected chi connectivity index (χ1v) is 5.64. The molecule has 0 aromatic heterocycles. The number of carbonyl (C=O) groups is 1. The van der Waals surface area contributed by atoms with Crippen LogP contribution in [0, 0.1) is 11.3 Å². The summed E-state index contributed by atoms with van der Waals surface area (Å²) in [5.74, 6) is -0.0924. The van der Waals surface area contributed by atoms with E-state index in [1.54, 1.807) is 29.2 Å². The molecule has 1 atom stereocenters. The Balaban J connectivity index is 2.09. The molecule has 1 saturated heterocycles. The fourth-order valence-corrected chi connectivity index (χ4v) is 1.81. The third-order valence-corrected chi connectivity index (χ3v) is 2.84. The third-order valence-electron chi connectivity index (χ3n) is 2.59. The third kappa shape index (κ3) is 2.76. The van der Waals surface area contributed by atoms with Crippen molar-refractivity contribution in [2.24, 2.45) is 0 Å². The highest BCUT2D eigenvalue weighted by atomic mass is 35.5. The van der Waals surface area contributed by atoms with Gasteiger partial charge >= 0.3 is 0 Å². The van der Waals surface area contributed by atoms with Crippen LogP contribution >= 0.6 is 11.6 Å². The van der Waals surface area contributed by atoms with Crippen LogP contribution in [0.5, 0.6) is 0 Å². The summed E-state index contributed by atoms with van der Waals surface area (Å²) in [7, 11) is 0. The Morgan fingerprint density at radius 2 is 2.18 bits per heavy atom. The normalized spacial score (nSPS) is 19.8. The molecule has 0 radical (unpaired) electrons. The maximum absolute atomic E-state index is 12.1. The molecule has 1 aliphatic rings. The van der Waals surface area contributed by atoms with Crippen LogP contribution in [-0.2, 0) is 4.74 Å². The first-order valence-electron chi connectivity index (χ1n) is 5.27.